The lowest BCUT2D eigenvalue weighted by Gasteiger charge is -2.23. The van der Waals surface area contributed by atoms with E-state index in [2.05, 4.69) is 63.2 Å². The maximum atomic E-state index is 12.6. The highest BCUT2D eigenvalue weighted by atomic mass is 32.2. The fourth-order valence-corrected chi connectivity index (χ4v) is 5.96. The topological polar surface area (TPSA) is 83.6 Å². The first-order valence-corrected chi connectivity index (χ1v) is 12.3. The summed E-state index contributed by atoms with van der Waals surface area (Å²) in [5.74, 6) is 1.40. The number of unbranched alkanes of at least 4 members (excludes halogenated alkanes) is 2. The van der Waals surface area contributed by atoms with Crippen LogP contribution in [-0.4, -0.2) is 32.3 Å². The summed E-state index contributed by atoms with van der Waals surface area (Å²) in [7, 11) is 0. The smallest absolute Gasteiger partial charge is 0.248 e. The average Bonchev–Trinajstić information content (AvgIpc) is 3.34. The highest BCUT2D eigenvalue weighted by Crippen LogP contribution is 2.49. The van der Waals surface area contributed by atoms with E-state index in [0.29, 0.717) is 5.82 Å². The Bertz CT molecular complexity index is 1030. The van der Waals surface area contributed by atoms with Gasteiger partial charge in [-0.1, -0.05) is 55.3 Å². The number of nitrogens with zero attached hydrogens (tertiary/aromatic N) is 3. The molecule has 0 aliphatic carbocycles. The van der Waals surface area contributed by atoms with Crippen LogP contribution in [0.25, 0.3) is 6.08 Å². The Labute approximate surface area is 190 Å². The molecule has 1 aromatic heterocycles. The van der Waals surface area contributed by atoms with Crippen LogP contribution in [0.2, 0.25) is 0 Å². The number of nitrogens with one attached hydrogen (secondary N) is 2. The molecule has 8 heteroatoms. The van der Waals surface area contributed by atoms with Crippen molar-refractivity contribution in [1.29, 1.82) is 0 Å². The predicted molar refractivity (Wildman–Crippen MR) is 127 cm³/mol. The molecule has 160 valence electrons. The minimum absolute atomic E-state index is 0.0979. The second kappa shape index (κ2) is 10.6. The molecule has 0 saturated heterocycles. The van der Waals surface area contributed by atoms with Gasteiger partial charge in [0.05, 0.1) is 10.9 Å². The van der Waals surface area contributed by atoms with Crippen LogP contribution in [0.1, 0.15) is 48.4 Å². The quantitative estimate of drug-likeness (QED) is 0.346. The third kappa shape index (κ3) is 5.77. The number of fused-ring (bicyclic) bond motifs is 1. The number of thioether (sulfide) groups is 2. The van der Waals surface area contributed by atoms with E-state index in [0.717, 1.165) is 33.2 Å². The molecule has 0 bridgehead atoms. The van der Waals surface area contributed by atoms with Crippen molar-refractivity contribution in [2.24, 2.45) is 0 Å². The van der Waals surface area contributed by atoms with Crippen molar-refractivity contribution in [1.82, 2.24) is 20.6 Å². The van der Waals surface area contributed by atoms with Gasteiger partial charge in [0.15, 0.2) is 5.82 Å². The van der Waals surface area contributed by atoms with E-state index in [4.69, 9.17) is 0 Å². The van der Waals surface area contributed by atoms with Crippen molar-refractivity contribution < 1.29 is 4.79 Å². The van der Waals surface area contributed by atoms with Crippen LogP contribution in [0, 0.1) is 0 Å². The summed E-state index contributed by atoms with van der Waals surface area (Å²) in [4.78, 5) is 14.8. The fraction of sp³-hybridized carbons (Fsp3) is 0.304. The molecule has 1 aliphatic heterocycles. The molecule has 2 N–H and O–H groups in total. The normalized spacial score (nSPS) is 15.7. The van der Waals surface area contributed by atoms with Crippen molar-refractivity contribution in [3.05, 3.63) is 65.5 Å². The summed E-state index contributed by atoms with van der Waals surface area (Å²) >= 11 is 3.41. The molecule has 0 fully saturated rings. The number of carbonyl (C=O) groups excluding carboxylic acids is 1. The molecule has 0 radical (unpaired) electrons. The van der Waals surface area contributed by atoms with E-state index in [1.165, 1.54) is 24.8 Å². The largest absolute Gasteiger partial charge is 0.321 e. The first-order chi connectivity index (χ1) is 15.2. The third-order valence-electron chi connectivity index (χ3n) is 5.01. The number of anilines is 1. The number of aryl methyl sites for hydroxylation is 1. The molecule has 6 nitrogen and oxygen atoms in total. The van der Waals surface area contributed by atoms with Gasteiger partial charge in [0.2, 0.25) is 5.91 Å². The minimum atomic E-state index is -0.146. The molecular weight excluding hydrogens is 426 g/mol. The van der Waals surface area contributed by atoms with Crippen molar-refractivity contribution >= 4 is 41.2 Å². The molecule has 0 saturated carbocycles. The number of aromatic nitrogens is 4. The zero-order valence-corrected chi connectivity index (χ0v) is 19.0. The Morgan fingerprint density at radius 3 is 2.87 bits per heavy atom. The number of amides is 1. The first kappa shape index (κ1) is 21.6. The number of hydrogen-bond acceptors (Lipinski definition) is 6. The Morgan fingerprint density at radius 2 is 2.10 bits per heavy atom. The van der Waals surface area contributed by atoms with Crippen LogP contribution < -0.4 is 5.32 Å². The summed E-state index contributed by atoms with van der Waals surface area (Å²) < 4.78 is 0. The van der Waals surface area contributed by atoms with E-state index in [1.807, 2.05) is 18.2 Å². The SMILES string of the molecule is CCCCCc1ccc(C=CC(=O)Nc2cccc3c2SC(c2nn[nH]n2)CS3)cc1. The van der Waals surface area contributed by atoms with Gasteiger partial charge in [-0.2, -0.15) is 5.21 Å². The van der Waals surface area contributed by atoms with Crippen molar-refractivity contribution in [3.8, 4) is 0 Å². The van der Waals surface area contributed by atoms with Crippen LogP contribution in [-0.2, 0) is 11.2 Å². The predicted octanol–water partition coefficient (Wildman–Crippen LogP) is 5.52. The molecule has 1 aliphatic rings. The molecule has 1 amide bonds. The molecule has 1 atom stereocenters. The highest BCUT2D eigenvalue weighted by Gasteiger charge is 2.26. The molecular formula is C23H25N5OS2. The highest BCUT2D eigenvalue weighted by molar-refractivity contribution is 8.06. The maximum absolute atomic E-state index is 12.6. The van der Waals surface area contributed by atoms with E-state index < -0.39 is 0 Å². The van der Waals surface area contributed by atoms with E-state index >= 15 is 0 Å². The van der Waals surface area contributed by atoms with Gasteiger partial charge in [-0.05, 0) is 42.2 Å². The van der Waals surface area contributed by atoms with Gasteiger partial charge >= 0.3 is 0 Å². The lowest BCUT2D eigenvalue weighted by atomic mass is 10.1. The molecule has 2 heterocycles. The molecule has 3 aromatic rings. The Balaban J connectivity index is 1.39. The van der Waals surface area contributed by atoms with Crippen molar-refractivity contribution in [2.75, 3.05) is 11.1 Å². The number of rotatable bonds is 8. The lowest BCUT2D eigenvalue weighted by Crippen LogP contribution is -2.11. The monoisotopic (exact) mass is 451 g/mol. The van der Waals surface area contributed by atoms with Crippen molar-refractivity contribution in [3.63, 3.8) is 0 Å². The standard InChI is InChI=1S/C23H25N5OS2/c1-2-3-4-6-16-9-11-17(12-10-16)13-14-21(29)24-18-7-5-8-19-22(18)31-20(15-30-19)23-25-27-28-26-23/h5,7-14,20H,2-4,6,15H2,1H3,(H,24,29)(H,25,26,27,28). The summed E-state index contributed by atoms with van der Waals surface area (Å²) in [5.41, 5.74) is 3.17. The van der Waals surface area contributed by atoms with E-state index in [1.54, 1.807) is 29.6 Å². The molecule has 4 rings (SSSR count). The van der Waals surface area contributed by atoms with Crippen LogP contribution in [0.15, 0.2) is 58.3 Å². The van der Waals surface area contributed by atoms with Crippen LogP contribution in [0.4, 0.5) is 5.69 Å². The lowest BCUT2D eigenvalue weighted by molar-refractivity contribution is -0.111. The van der Waals surface area contributed by atoms with Gasteiger partial charge in [0.1, 0.15) is 0 Å². The van der Waals surface area contributed by atoms with Crippen LogP contribution in [0.5, 0.6) is 0 Å². The zero-order valence-electron chi connectivity index (χ0n) is 17.4. The second-order valence-electron chi connectivity index (χ2n) is 7.34. The van der Waals surface area contributed by atoms with Gasteiger partial charge in [-0.25, -0.2) is 0 Å². The maximum Gasteiger partial charge on any atom is 0.248 e. The number of benzene rings is 2. The Kier molecular flexibility index (Phi) is 7.43. The van der Waals surface area contributed by atoms with Crippen LogP contribution in [0.3, 0.4) is 0 Å². The summed E-state index contributed by atoms with van der Waals surface area (Å²) in [6.07, 6.45) is 8.26. The van der Waals surface area contributed by atoms with E-state index in [-0.39, 0.29) is 11.2 Å². The summed E-state index contributed by atoms with van der Waals surface area (Å²) in [6.45, 7) is 2.22. The number of H-pyrrole nitrogens is 1. The summed E-state index contributed by atoms with van der Waals surface area (Å²) in [6, 6.07) is 14.4. The molecule has 1 unspecified atom stereocenters. The van der Waals surface area contributed by atoms with Gasteiger partial charge in [-0.3, -0.25) is 4.79 Å². The van der Waals surface area contributed by atoms with Gasteiger partial charge in [0.25, 0.3) is 0 Å². The number of aromatic amines is 1. The first-order valence-electron chi connectivity index (χ1n) is 10.5. The zero-order chi connectivity index (χ0) is 21.5. The van der Waals surface area contributed by atoms with Gasteiger partial charge in [-0.15, -0.1) is 33.7 Å². The Morgan fingerprint density at radius 1 is 1.23 bits per heavy atom. The molecule has 2 aromatic carbocycles. The van der Waals surface area contributed by atoms with Crippen LogP contribution >= 0.6 is 23.5 Å². The number of carbonyl (C=O) groups is 1. The van der Waals surface area contributed by atoms with E-state index in [9.17, 15) is 4.79 Å². The summed E-state index contributed by atoms with van der Waals surface area (Å²) in [5, 5.41) is 17.5. The minimum Gasteiger partial charge on any atom is -0.321 e. The van der Waals surface area contributed by atoms with Crippen molar-refractivity contribution in [2.45, 2.75) is 47.6 Å². The van der Waals surface area contributed by atoms with Gasteiger partial charge < -0.3 is 5.32 Å². The second-order valence-corrected chi connectivity index (χ2v) is 9.62. The van der Waals surface area contributed by atoms with Gasteiger partial charge in [0, 0.05) is 21.6 Å². The molecule has 0 spiro atoms. The third-order valence-corrected chi connectivity index (χ3v) is 7.84. The number of hydrogen-bond donors (Lipinski definition) is 2. The number of tetrazole rings is 1. The Hall–Kier alpha value is -2.58. The fourth-order valence-electron chi connectivity index (χ4n) is 3.35. The molecule has 31 heavy (non-hydrogen) atoms. The average molecular weight is 452 g/mol.